The molecular formula is C20H30N4O7S. The number of rotatable bonds is 7. The number of nitrogens with two attached hydrogens (primary N) is 1. The lowest BCUT2D eigenvalue weighted by atomic mass is 10.1. The number of morpholine rings is 2. The molecule has 1 aromatic carbocycles. The van der Waals surface area contributed by atoms with Crippen LogP contribution in [0.2, 0.25) is 0 Å². The first-order valence-corrected chi connectivity index (χ1v) is 12.0. The van der Waals surface area contributed by atoms with Gasteiger partial charge in [0.05, 0.1) is 24.2 Å². The van der Waals surface area contributed by atoms with E-state index in [9.17, 15) is 23.1 Å². The summed E-state index contributed by atoms with van der Waals surface area (Å²) >= 11 is 0. The second-order valence-electron chi connectivity index (χ2n) is 7.64. The van der Waals surface area contributed by atoms with Gasteiger partial charge in [0.2, 0.25) is 15.9 Å². The lowest BCUT2D eigenvalue weighted by Crippen LogP contribution is -2.59. The summed E-state index contributed by atoms with van der Waals surface area (Å²) < 4.78 is 39.4. The molecule has 2 aliphatic heterocycles. The van der Waals surface area contributed by atoms with Gasteiger partial charge in [-0.3, -0.25) is 9.59 Å². The molecule has 0 radical (unpaired) electrons. The fourth-order valence-electron chi connectivity index (χ4n) is 3.89. The van der Waals surface area contributed by atoms with E-state index in [0.717, 1.165) is 4.90 Å². The van der Waals surface area contributed by atoms with Crippen molar-refractivity contribution in [2.45, 2.75) is 43.5 Å². The summed E-state index contributed by atoms with van der Waals surface area (Å²) in [5, 5.41) is 10.3. The Labute approximate surface area is 187 Å². The lowest BCUT2D eigenvalue weighted by Gasteiger charge is -2.38. The van der Waals surface area contributed by atoms with Gasteiger partial charge in [-0.05, 0) is 31.0 Å². The number of sulfonamides is 1. The van der Waals surface area contributed by atoms with Crippen LogP contribution in [0, 0.1) is 0 Å². The SMILES string of the molecule is CCc1c(N2CCOCC2=O)cccc1S(=O)(=O)N[C@@H](CN)C(=O)N1CCO[C@H](C)C1O. The molecule has 2 amide bonds. The maximum atomic E-state index is 13.3. The maximum Gasteiger partial charge on any atom is 0.253 e. The van der Waals surface area contributed by atoms with Crippen LogP contribution in [0.25, 0.3) is 0 Å². The van der Waals surface area contributed by atoms with Crippen LogP contribution in [0.4, 0.5) is 5.69 Å². The van der Waals surface area contributed by atoms with Gasteiger partial charge in [-0.15, -0.1) is 0 Å². The fraction of sp³-hybridized carbons (Fsp3) is 0.600. The first kappa shape index (κ1) is 24.6. The van der Waals surface area contributed by atoms with Crippen LogP contribution in [0.15, 0.2) is 23.1 Å². The van der Waals surface area contributed by atoms with Gasteiger partial charge in [0, 0.05) is 25.3 Å². The van der Waals surface area contributed by atoms with E-state index in [1.807, 2.05) is 0 Å². The Morgan fingerprint density at radius 3 is 2.75 bits per heavy atom. The quantitative estimate of drug-likeness (QED) is 0.449. The molecule has 0 saturated carbocycles. The van der Waals surface area contributed by atoms with E-state index in [2.05, 4.69) is 4.72 Å². The van der Waals surface area contributed by atoms with E-state index >= 15 is 0 Å². The Kier molecular flexibility index (Phi) is 7.85. The van der Waals surface area contributed by atoms with Crippen molar-refractivity contribution in [1.29, 1.82) is 0 Å². The summed E-state index contributed by atoms with van der Waals surface area (Å²) in [5.74, 6) is -0.879. The molecule has 3 atom stereocenters. The van der Waals surface area contributed by atoms with Crippen LogP contribution in [-0.2, 0) is 35.5 Å². The molecule has 178 valence electrons. The van der Waals surface area contributed by atoms with Gasteiger partial charge >= 0.3 is 0 Å². The monoisotopic (exact) mass is 470 g/mol. The van der Waals surface area contributed by atoms with Gasteiger partial charge in [0.25, 0.3) is 5.91 Å². The van der Waals surface area contributed by atoms with Crippen LogP contribution < -0.4 is 15.4 Å². The number of hydrogen-bond donors (Lipinski definition) is 3. The highest BCUT2D eigenvalue weighted by Crippen LogP contribution is 2.29. The largest absolute Gasteiger partial charge is 0.372 e. The lowest BCUT2D eigenvalue weighted by molar-refractivity contribution is -0.173. The number of aliphatic hydroxyl groups is 1. The summed E-state index contributed by atoms with van der Waals surface area (Å²) in [5.41, 5.74) is 6.68. The average molecular weight is 471 g/mol. The van der Waals surface area contributed by atoms with Crippen molar-refractivity contribution < 1.29 is 32.6 Å². The van der Waals surface area contributed by atoms with Crippen molar-refractivity contribution in [1.82, 2.24) is 9.62 Å². The number of amides is 2. The van der Waals surface area contributed by atoms with Crippen LogP contribution >= 0.6 is 0 Å². The molecule has 0 bridgehead atoms. The van der Waals surface area contributed by atoms with Gasteiger partial charge in [-0.2, -0.15) is 4.72 Å². The zero-order chi connectivity index (χ0) is 23.5. The molecule has 32 heavy (non-hydrogen) atoms. The number of carbonyl (C=O) groups is 2. The summed E-state index contributed by atoms with van der Waals surface area (Å²) in [6.07, 6.45) is -1.45. The highest BCUT2D eigenvalue weighted by atomic mass is 32.2. The molecule has 11 nitrogen and oxygen atoms in total. The first-order valence-electron chi connectivity index (χ1n) is 10.5. The van der Waals surface area contributed by atoms with Crippen molar-refractivity contribution >= 4 is 27.5 Å². The molecule has 0 aliphatic carbocycles. The van der Waals surface area contributed by atoms with Gasteiger partial charge in [-0.25, -0.2) is 8.42 Å². The van der Waals surface area contributed by atoms with Crippen molar-refractivity contribution in [2.75, 3.05) is 44.4 Å². The maximum absolute atomic E-state index is 13.3. The van der Waals surface area contributed by atoms with Crippen molar-refractivity contribution in [3.8, 4) is 0 Å². The van der Waals surface area contributed by atoms with Gasteiger partial charge in [-0.1, -0.05) is 13.0 Å². The minimum Gasteiger partial charge on any atom is -0.372 e. The van der Waals surface area contributed by atoms with E-state index in [4.69, 9.17) is 15.2 Å². The average Bonchev–Trinajstić information content (AvgIpc) is 2.78. The molecule has 1 unspecified atom stereocenters. The summed E-state index contributed by atoms with van der Waals surface area (Å²) in [6.45, 7) is 4.08. The minimum absolute atomic E-state index is 0.0288. The Hall–Kier alpha value is -2.09. The summed E-state index contributed by atoms with van der Waals surface area (Å²) in [7, 11) is -4.17. The van der Waals surface area contributed by atoms with Gasteiger partial charge < -0.3 is 30.1 Å². The van der Waals surface area contributed by atoms with E-state index in [-0.39, 0.29) is 37.1 Å². The first-order chi connectivity index (χ1) is 15.2. The molecule has 3 rings (SSSR count). The molecule has 2 heterocycles. The number of nitrogens with one attached hydrogen (secondary N) is 1. The van der Waals surface area contributed by atoms with Crippen molar-refractivity contribution in [3.63, 3.8) is 0 Å². The zero-order valence-electron chi connectivity index (χ0n) is 18.2. The Morgan fingerprint density at radius 2 is 2.09 bits per heavy atom. The van der Waals surface area contributed by atoms with Crippen LogP contribution in [0.3, 0.4) is 0 Å². The predicted octanol–water partition coefficient (Wildman–Crippen LogP) is -1.22. The number of benzene rings is 1. The van der Waals surface area contributed by atoms with Gasteiger partial charge in [0.1, 0.15) is 12.6 Å². The standard InChI is InChI=1S/C20H30N4O7S/c1-3-14-16(23-7-9-30-12-18(23)25)5-4-6-17(14)32(28,29)22-15(11-21)20(27)24-8-10-31-13(2)19(24)26/h4-6,13,15,19,22,26H,3,7-12,21H2,1-2H3/t13-,15+,19?/m1/s1. The second-order valence-corrected chi connectivity index (χ2v) is 9.32. The molecule has 4 N–H and O–H groups in total. The van der Waals surface area contributed by atoms with Crippen LogP contribution in [0.5, 0.6) is 0 Å². The van der Waals surface area contributed by atoms with Crippen molar-refractivity contribution in [3.05, 3.63) is 23.8 Å². The Morgan fingerprint density at radius 1 is 1.34 bits per heavy atom. The normalized spacial score (nSPS) is 23.3. The predicted molar refractivity (Wildman–Crippen MR) is 115 cm³/mol. The zero-order valence-corrected chi connectivity index (χ0v) is 19.0. The Balaban J connectivity index is 1.89. The van der Waals surface area contributed by atoms with E-state index < -0.39 is 34.3 Å². The topological polar surface area (TPSA) is 151 Å². The fourth-order valence-corrected chi connectivity index (χ4v) is 5.42. The molecular weight excluding hydrogens is 440 g/mol. The van der Waals surface area contributed by atoms with E-state index in [0.29, 0.717) is 30.8 Å². The third-order valence-electron chi connectivity index (χ3n) is 5.59. The molecule has 2 aliphatic rings. The highest BCUT2D eigenvalue weighted by molar-refractivity contribution is 7.89. The number of nitrogens with zero attached hydrogens (tertiary/aromatic N) is 2. The second kappa shape index (κ2) is 10.2. The number of aliphatic hydroxyl groups excluding tert-OH is 1. The third-order valence-corrected chi connectivity index (χ3v) is 7.15. The minimum atomic E-state index is -4.17. The Bertz CT molecular complexity index is 955. The summed E-state index contributed by atoms with van der Waals surface area (Å²) in [4.78, 5) is 27.9. The van der Waals surface area contributed by atoms with Crippen LogP contribution in [0.1, 0.15) is 19.4 Å². The van der Waals surface area contributed by atoms with Gasteiger partial charge in [0.15, 0.2) is 6.23 Å². The number of carbonyl (C=O) groups excluding carboxylic acids is 2. The molecule has 0 spiro atoms. The number of hydrogen-bond acceptors (Lipinski definition) is 8. The smallest absolute Gasteiger partial charge is 0.253 e. The molecule has 1 aromatic rings. The third kappa shape index (κ3) is 4.95. The highest BCUT2D eigenvalue weighted by Gasteiger charge is 2.36. The van der Waals surface area contributed by atoms with Crippen LogP contribution in [-0.4, -0.2) is 88.1 Å². The molecule has 0 aromatic heterocycles. The van der Waals surface area contributed by atoms with E-state index in [1.165, 1.54) is 11.0 Å². The molecule has 2 saturated heterocycles. The van der Waals surface area contributed by atoms with Crippen molar-refractivity contribution in [2.24, 2.45) is 5.73 Å². The number of anilines is 1. The molecule has 2 fully saturated rings. The number of ether oxygens (including phenoxy) is 2. The molecule has 12 heteroatoms. The summed E-state index contributed by atoms with van der Waals surface area (Å²) in [6, 6.07) is 3.41. The van der Waals surface area contributed by atoms with E-state index in [1.54, 1.807) is 26.0 Å².